The van der Waals surface area contributed by atoms with E-state index in [1.54, 1.807) is 0 Å². The van der Waals surface area contributed by atoms with E-state index in [1.165, 1.54) is 25.1 Å². The molecule has 0 saturated heterocycles. The average Bonchev–Trinajstić information content (AvgIpc) is 2.03. The van der Waals surface area contributed by atoms with Gasteiger partial charge in [-0.25, -0.2) is 0 Å². The van der Waals surface area contributed by atoms with E-state index in [0.717, 1.165) is 6.07 Å². The second kappa shape index (κ2) is 3.38. The predicted octanol–water partition coefficient (Wildman–Crippen LogP) is 3.05. The Morgan fingerprint density at radius 1 is 1.23 bits per heavy atom. The van der Waals surface area contributed by atoms with E-state index < -0.39 is 17.8 Å². The van der Waals surface area contributed by atoms with Crippen LogP contribution in [0, 0.1) is 0 Å². The fourth-order valence-corrected chi connectivity index (χ4v) is 1.13. The molecule has 0 saturated carbocycles. The van der Waals surface area contributed by atoms with Gasteiger partial charge < -0.3 is 0 Å². The van der Waals surface area contributed by atoms with Gasteiger partial charge >= 0.3 is 6.18 Å². The van der Waals surface area contributed by atoms with Crippen molar-refractivity contribution in [3.63, 3.8) is 0 Å². The molecule has 1 atom stereocenters. The van der Waals surface area contributed by atoms with Crippen LogP contribution in [-0.2, 0) is 6.18 Å². The van der Waals surface area contributed by atoms with Gasteiger partial charge in [-0.3, -0.25) is 5.73 Å². The topological polar surface area (TPSA) is 23.8 Å². The highest BCUT2D eigenvalue weighted by Crippen LogP contribution is 2.33. The van der Waals surface area contributed by atoms with Crippen molar-refractivity contribution in [3.8, 4) is 0 Å². The minimum absolute atomic E-state index is 0.0231. The smallest absolute Gasteiger partial charge is 0.250 e. The van der Waals surface area contributed by atoms with Crippen LogP contribution in [0.3, 0.4) is 0 Å². The summed E-state index contributed by atoms with van der Waals surface area (Å²) >= 11 is 0. The molecule has 1 radical (unpaired) electrons. The first-order valence-electron chi connectivity index (χ1n) is 3.80. The van der Waals surface area contributed by atoms with Gasteiger partial charge in [0.25, 0.3) is 0 Å². The summed E-state index contributed by atoms with van der Waals surface area (Å²) in [5.74, 6) is 0. The Bertz CT molecular complexity index is 291. The summed E-state index contributed by atoms with van der Waals surface area (Å²) < 4.78 is 37.0. The molecule has 0 bridgehead atoms. The van der Waals surface area contributed by atoms with E-state index in [-0.39, 0.29) is 5.56 Å². The first-order chi connectivity index (χ1) is 5.93. The maximum atomic E-state index is 12.3. The number of hydrogen-bond donors (Lipinski definition) is 0. The molecule has 0 aliphatic heterocycles. The molecule has 1 unspecified atom stereocenters. The molecule has 0 spiro atoms. The van der Waals surface area contributed by atoms with Gasteiger partial charge in [0.15, 0.2) is 0 Å². The molecule has 0 aliphatic rings. The number of hydrogen-bond acceptors (Lipinski definition) is 0. The van der Waals surface area contributed by atoms with Gasteiger partial charge in [0.05, 0.1) is 5.56 Å². The maximum absolute atomic E-state index is 12.3. The van der Waals surface area contributed by atoms with Crippen molar-refractivity contribution in [2.24, 2.45) is 0 Å². The first-order valence-corrected chi connectivity index (χ1v) is 3.80. The highest BCUT2D eigenvalue weighted by Gasteiger charge is 2.33. The molecule has 0 aromatic heterocycles. The quantitative estimate of drug-likeness (QED) is 0.646. The summed E-state index contributed by atoms with van der Waals surface area (Å²) in [4.78, 5) is 0. The fraction of sp³-hybridized carbons (Fsp3) is 0.333. The van der Waals surface area contributed by atoms with Gasteiger partial charge in [-0.15, -0.1) is 0 Å². The summed E-state index contributed by atoms with van der Waals surface area (Å²) in [5.41, 5.74) is 6.55. The first kappa shape index (κ1) is 10.1. The van der Waals surface area contributed by atoms with Crippen LogP contribution >= 0.6 is 0 Å². The standard InChI is InChI=1S/C9H9F3N/c1-6(13)7-4-2-3-5-8(7)9(10,11)12/h2-6,13H,1H3. The van der Waals surface area contributed by atoms with E-state index >= 15 is 0 Å². The second-order valence-corrected chi connectivity index (χ2v) is 2.81. The molecule has 1 N–H and O–H groups in total. The Labute approximate surface area is 74.4 Å². The third-order valence-corrected chi connectivity index (χ3v) is 1.73. The van der Waals surface area contributed by atoms with Crippen LogP contribution in [0.4, 0.5) is 13.2 Å². The molecule has 0 amide bonds. The van der Waals surface area contributed by atoms with E-state index in [0.29, 0.717) is 0 Å². The van der Waals surface area contributed by atoms with Crippen LogP contribution in [-0.4, -0.2) is 0 Å². The Balaban J connectivity index is 3.20. The second-order valence-electron chi connectivity index (χ2n) is 2.81. The minimum Gasteiger partial charge on any atom is -0.250 e. The lowest BCUT2D eigenvalue weighted by molar-refractivity contribution is -0.138. The SMILES string of the molecule is CC([NH])c1ccccc1C(F)(F)F. The monoisotopic (exact) mass is 188 g/mol. The van der Waals surface area contributed by atoms with Crippen molar-refractivity contribution in [3.05, 3.63) is 35.4 Å². The predicted molar refractivity (Wildman–Crippen MR) is 43.0 cm³/mol. The third-order valence-electron chi connectivity index (χ3n) is 1.73. The Morgan fingerprint density at radius 3 is 2.15 bits per heavy atom. The van der Waals surface area contributed by atoms with Crippen LogP contribution in [0.25, 0.3) is 0 Å². The van der Waals surface area contributed by atoms with E-state index in [1.807, 2.05) is 0 Å². The third kappa shape index (κ3) is 2.21. The number of nitrogens with one attached hydrogen (secondary N) is 1. The van der Waals surface area contributed by atoms with Gasteiger partial charge in [0.1, 0.15) is 0 Å². The number of benzene rings is 1. The summed E-state index contributed by atoms with van der Waals surface area (Å²) in [6.07, 6.45) is -4.36. The molecule has 0 heterocycles. The van der Waals surface area contributed by atoms with Gasteiger partial charge in [-0.05, 0) is 18.6 Å². The molecule has 1 nitrogen and oxygen atoms in total. The molecule has 1 aromatic rings. The van der Waals surface area contributed by atoms with Crippen molar-refractivity contribution in [2.45, 2.75) is 19.1 Å². The normalized spacial score (nSPS) is 14.2. The van der Waals surface area contributed by atoms with E-state index in [9.17, 15) is 13.2 Å². The molecule has 13 heavy (non-hydrogen) atoms. The average molecular weight is 188 g/mol. The molecular formula is C9H9F3N. The van der Waals surface area contributed by atoms with Gasteiger partial charge in [0.2, 0.25) is 0 Å². The molecule has 4 heteroatoms. The summed E-state index contributed by atoms with van der Waals surface area (Å²) in [7, 11) is 0. The Hall–Kier alpha value is -1.03. The Kier molecular flexibility index (Phi) is 2.61. The van der Waals surface area contributed by atoms with Gasteiger partial charge in [-0.1, -0.05) is 18.2 Å². The van der Waals surface area contributed by atoms with Crippen molar-refractivity contribution in [2.75, 3.05) is 0 Å². The highest BCUT2D eigenvalue weighted by atomic mass is 19.4. The maximum Gasteiger partial charge on any atom is 0.416 e. The summed E-state index contributed by atoms with van der Waals surface area (Å²) in [6.45, 7) is 1.42. The molecule has 1 rings (SSSR count). The van der Waals surface area contributed by atoms with Crippen molar-refractivity contribution in [1.29, 1.82) is 0 Å². The van der Waals surface area contributed by atoms with Crippen LogP contribution in [0.15, 0.2) is 24.3 Å². The largest absolute Gasteiger partial charge is 0.416 e. The fourth-order valence-electron chi connectivity index (χ4n) is 1.13. The van der Waals surface area contributed by atoms with Crippen LogP contribution in [0.1, 0.15) is 24.1 Å². The van der Waals surface area contributed by atoms with Crippen molar-refractivity contribution in [1.82, 2.24) is 5.73 Å². The molecule has 1 aromatic carbocycles. The summed E-state index contributed by atoms with van der Waals surface area (Å²) in [5, 5.41) is 0. The van der Waals surface area contributed by atoms with Gasteiger partial charge in [0, 0.05) is 6.04 Å². The zero-order chi connectivity index (χ0) is 10.1. The van der Waals surface area contributed by atoms with Gasteiger partial charge in [-0.2, -0.15) is 13.2 Å². The lowest BCUT2D eigenvalue weighted by atomic mass is 10.0. The van der Waals surface area contributed by atoms with Crippen molar-refractivity contribution >= 4 is 0 Å². The number of alkyl halides is 3. The van der Waals surface area contributed by atoms with E-state index in [2.05, 4.69) is 0 Å². The minimum atomic E-state index is -4.36. The van der Waals surface area contributed by atoms with Crippen molar-refractivity contribution < 1.29 is 13.2 Å². The van der Waals surface area contributed by atoms with Crippen LogP contribution in [0.2, 0.25) is 0 Å². The highest BCUT2D eigenvalue weighted by molar-refractivity contribution is 5.31. The molecule has 71 valence electrons. The zero-order valence-corrected chi connectivity index (χ0v) is 7.02. The number of halogens is 3. The molecule has 0 aliphatic carbocycles. The molecular weight excluding hydrogens is 179 g/mol. The zero-order valence-electron chi connectivity index (χ0n) is 7.02. The number of rotatable bonds is 1. The lowest BCUT2D eigenvalue weighted by Gasteiger charge is -2.14. The van der Waals surface area contributed by atoms with Crippen LogP contribution < -0.4 is 5.73 Å². The Morgan fingerprint density at radius 2 is 1.77 bits per heavy atom. The molecule has 0 fully saturated rings. The lowest BCUT2D eigenvalue weighted by Crippen LogP contribution is -2.10. The van der Waals surface area contributed by atoms with Crippen LogP contribution in [0.5, 0.6) is 0 Å². The van der Waals surface area contributed by atoms with E-state index in [4.69, 9.17) is 5.73 Å². The summed E-state index contributed by atoms with van der Waals surface area (Å²) in [6, 6.07) is 4.32.